The maximum absolute atomic E-state index is 15.5. The topological polar surface area (TPSA) is 177 Å². The summed E-state index contributed by atoms with van der Waals surface area (Å²) < 4.78 is 0. The number of ketones is 1. The normalized spacial score (nSPS) is 20.2. The number of aryl methyl sites for hydroxylation is 1. The van der Waals surface area contributed by atoms with E-state index in [0.717, 1.165) is 47.1 Å². The van der Waals surface area contributed by atoms with E-state index in [-0.39, 0.29) is 86.2 Å². The molecule has 9 atom stereocenters. The fourth-order valence-electron chi connectivity index (χ4n) is 11.1. The molecule has 3 unspecified atom stereocenters. The van der Waals surface area contributed by atoms with Gasteiger partial charge in [-0.15, -0.1) is 0 Å². The van der Waals surface area contributed by atoms with E-state index in [9.17, 15) is 24.0 Å². The van der Waals surface area contributed by atoms with Gasteiger partial charge < -0.3 is 36.0 Å². The number of rotatable bonds is 18. The molecule has 78 heavy (non-hydrogen) atoms. The molecule has 4 N–H and O–H groups in total. The number of hydrogen-bond acceptors (Lipinski definition) is 8. The van der Waals surface area contributed by atoms with Crippen molar-refractivity contribution in [2.45, 2.75) is 170 Å². The van der Waals surface area contributed by atoms with Crippen LogP contribution in [0.2, 0.25) is 5.02 Å². The predicted molar refractivity (Wildman–Crippen MR) is 305 cm³/mol. The minimum Gasteiger partial charge on any atom is -0.347 e. The van der Waals surface area contributed by atoms with E-state index in [2.05, 4.69) is 27.3 Å². The van der Waals surface area contributed by atoms with Gasteiger partial charge in [0.2, 0.25) is 29.5 Å². The van der Waals surface area contributed by atoms with Gasteiger partial charge in [0.05, 0.1) is 18.1 Å². The third-order valence-corrected chi connectivity index (χ3v) is 16.7. The number of likely N-dealkylation sites (N-methyl/N-ethyl adjacent to an activating group) is 1. The van der Waals surface area contributed by atoms with Crippen molar-refractivity contribution in [3.8, 4) is 0 Å². The van der Waals surface area contributed by atoms with Crippen molar-refractivity contribution >= 4 is 52.8 Å². The van der Waals surface area contributed by atoms with Gasteiger partial charge in [0.25, 0.3) is 5.91 Å². The summed E-state index contributed by atoms with van der Waals surface area (Å²) in [6.45, 7) is 19.4. The highest BCUT2D eigenvalue weighted by Crippen LogP contribution is 2.37. The van der Waals surface area contributed by atoms with Gasteiger partial charge in [-0.1, -0.05) is 140 Å². The number of nitrogens with one attached hydrogen (secondary N) is 4. The first kappa shape index (κ1) is 59.3. The maximum atomic E-state index is 15.5. The SMILES string of the molecule is CC[C@@H](C)C(=O)N[C@H](C(=O)N1Cc2ccccc2C[C@H]1C(=O)N(Cc1ccc(C(=O)NC2C[C@@H](C(=O)NC3CCCc4ccccc43)N(C(=O)[C@@H](CC(=O)[C@H](C)NC)C(C)(C)C)C2)cc1)C(C)c1cccc(Cl)c1)C(C)(C)C. The Bertz CT molecular complexity index is 2840. The number of Topliss-reactive ketones (excluding diaryl/α,β-unsaturated/α-hetero) is 1. The second-order valence-electron chi connectivity index (χ2n) is 24.1. The van der Waals surface area contributed by atoms with E-state index in [1.807, 2.05) is 123 Å². The summed E-state index contributed by atoms with van der Waals surface area (Å²) in [5.74, 6) is -2.97. The zero-order valence-corrected chi connectivity index (χ0v) is 48.3. The van der Waals surface area contributed by atoms with Gasteiger partial charge in [0.1, 0.15) is 23.9 Å². The number of amides is 6. The Hall–Kier alpha value is -6.38. The van der Waals surface area contributed by atoms with E-state index < -0.39 is 58.9 Å². The molecule has 418 valence electrons. The Morgan fingerprint density at radius 3 is 2.06 bits per heavy atom. The molecular formula is C63H82ClN7O7. The summed E-state index contributed by atoms with van der Waals surface area (Å²) in [5, 5.41) is 13.0. The van der Waals surface area contributed by atoms with Crippen LogP contribution in [0.15, 0.2) is 97.1 Å². The molecule has 4 aromatic carbocycles. The molecule has 3 aliphatic rings. The first-order valence-electron chi connectivity index (χ1n) is 27.9. The molecule has 6 amide bonds. The third-order valence-electron chi connectivity index (χ3n) is 16.5. The summed E-state index contributed by atoms with van der Waals surface area (Å²) in [4.78, 5) is 106. The number of fused-ring (bicyclic) bond motifs is 2. The molecular weight excluding hydrogens is 1000 g/mol. The number of hydrogen-bond donors (Lipinski definition) is 4. The van der Waals surface area contributed by atoms with Crippen molar-refractivity contribution in [3.05, 3.63) is 141 Å². The number of carbonyl (C=O) groups excluding carboxylic acids is 7. The van der Waals surface area contributed by atoms with Crippen molar-refractivity contribution in [2.24, 2.45) is 22.7 Å². The van der Waals surface area contributed by atoms with E-state index in [1.54, 1.807) is 59.0 Å². The van der Waals surface area contributed by atoms with Crippen LogP contribution in [0.4, 0.5) is 0 Å². The van der Waals surface area contributed by atoms with Crippen LogP contribution in [0.1, 0.15) is 157 Å². The summed E-state index contributed by atoms with van der Waals surface area (Å²) >= 11 is 6.55. The Kier molecular flexibility index (Phi) is 19.1. The van der Waals surface area contributed by atoms with Gasteiger partial charge in [0, 0.05) is 60.9 Å². The number of benzene rings is 4. The predicted octanol–water partition coefficient (Wildman–Crippen LogP) is 9.08. The van der Waals surface area contributed by atoms with Crippen LogP contribution >= 0.6 is 11.6 Å². The van der Waals surface area contributed by atoms with Crippen LogP contribution in [0.5, 0.6) is 0 Å². The Labute approximate surface area is 467 Å². The first-order chi connectivity index (χ1) is 36.9. The maximum Gasteiger partial charge on any atom is 0.251 e. The molecule has 1 saturated heterocycles. The lowest BCUT2D eigenvalue weighted by molar-refractivity contribution is -0.152. The molecule has 1 aliphatic carbocycles. The highest BCUT2D eigenvalue weighted by Gasteiger charge is 2.47. The van der Waals surface area contributed by atoms with Crippen molar-refractivity contribution in [1.29, 1.82) is 0 Å². The van der Waals surface area contributed by atoms with E-state index >= 15 is 9.59 Å². The smallest absolute Gasteiger partial charge is 0.251 e. The summed E-state index contributed by atoms with van der Waals surface area (Å²) in [6.07, 6.45) is 3.64. The average molecular weight is 1080 g/mol. The monoisotopic (exact) mass is 1080 g/mol. The van der Waals surface area contributed by atoms with Crippen LogP contribution in [-0.2, 0) is 54.7 Å². The van der Waals surface area contributed by atoms with Crippen LogP contribution in [-0.4, -0.2) is 99.7 Å². The quantitative estimate of drug-likeness (QED) is 0.0763. The van der Waals surface area contributed by atoms with Crippen LogP contribution in [0.3, 0.4) is 0 Å². The first-order valence-corrected chi connectivity index (χ1v) is 28.3. The lowest BCUT2D eigenvalue weighted by atomic mass is 9.76. The molecule has 7 rings (SSSR count). The number of nitrogens with zero attached hydrogens (tertiary/aromatic N) is 3. The molecule has 0 spiro atoms. The van der Waals surface area contributed by atoms with Gasteiger partial charge in [-0.2, -0.15) is 0 Å². The van der Waals surface area contributed by atoms with Gasteiger partial charge in [-0.05, 0) is 121 Å². The van der Waals surface area contributed by atoms with Crippen molar-refractivity contribution in [2.75, 3.05) is 13.6 Å². The number of likely N-dealkylation sites (tertiary alicyclic amines) is 1. The molecule has 2 heterocycles. The second-order valence-corrected chi connectivity index (χ2v) is 24.6. The van der Waals surface area contributed by atoms with Gasteiger partial charge in [0.15, 0.2) is 0 Å². The standard InChI is InChI=1S/C63H82ClN7O7/c1-12-38(2)56(73)68-55(63(8,9)10)61(78)70-36-46-21-14-13-20-45(46)32-53(70)60(77)69(40(4)44-23-17-24-47(64)31-44)35-41-27-29-43(30-28-41)57(74)66-48-33-52(58(75)67-51-26-18-22-42-19-15-16-25-49(42)51)71(37-48)59(76)50(62(5,6)7)34-54(72)39(3)65-11/h13-17,19-21,23-25,27-31,38-40,48,50-53,55,65H,12,18,22,26,32-37H2,1-11H3,(H,66,74)(H,67,75)(H,68,73)/t38-,39+,40?,48?,50-,51?,52+,53+,55-/m1/s1. The largest absolute Gasteiger partial charge is 0.347 e. The summed E-state index contributed by atoms with van der Waals surface area (Å²) in [5.41, 5.74) is 4.72. The molecule has 14 nitrogen and oxygen atoms in total. The minimum absolute atomic E-state index is 0.00369. The zero-order valence-electron chi connectivity index (χ0n) is 47.6. The highest BCUT2D eigenvalue weighted by atomic mass is 35.5. The molecule has 2 aliphatic heterocycles. The summed E-state index contributed by atoms with van der Waals surface area (Å²) in [6, 6.07) is 25.8. The van der Waals surface area contributed by atoms with Gasteiger partial charge in [-0.25, -0.2) is 0 Å². The Balaban J connectivity index is 1.15. The highest BCUT2D eigenvalue weighted by molar-refractivity contribution is 6.30. The fraction of sp³-hybridized carbons (Fsp3) is 0.508. The van der Waals surface area contributed by atoms with Gasteiger partial charge >= 0.3 is 0 Å². The fourth-order valence-corrected chi connectivity index (χ4v) is 11.3. The lowest BCUT2D eigenvalue weighted by Gasteiger charge is -2.43. The Morgan fingerprint density at radius 2 is 1.42 bits per heavy atom. The zero-order chi connectivity index (χ0) is 56.8. The van der Waals surface area contributed by atoms with E-state index in [1.165, 1.54) is 5.56 Å². The van der Waals surface area contributed by atoms with Crippen LogP contribution in [0.25, 0.3) is 0 Å². The molecule has 0 aromatic heterocycles. The van der Waals surface area contributed by atoms with E-state index in [0.29, 0.717) is 17.0 Å². The second kappa shape index (κ2) is 25.2. The molecule has 1 fully saturated rings. The van der Waals surface area contributed by atoms with Gasteiger partial charge in [-0.3, -0.25) is 33.6 Å². The molecule has 15 heteroatoms. The average Bonchev–Trinajstić information content (AvgIpc) is 3.96. The van der Waals surface area contributed by atoms with E-state index in [4.69, 9.17) is 11.6 Å². The molecule has 0 radical (unpaired) electrons. The number of halogens is 1. The Morgan fingerprint density at radius 1 is 0.756 bits per heavy atom. The van der Waals surface area contributed by atoms with Crippen molar-refractivity contribution < 1.29 is 33.6 Å². The van der Waals surface area contributed by atoms with Crippen molar-refractivity contribution in [1.82, 2.24) is 36.0 Å². The third kappa shape index (κ3) is 13.9. The van der Waals surface area contributed by atoms with Crippen LogP contribution in [0, 0.1) is 22.7 Å². The van der Waals surface area contributed by atoms with Crippen molar-refractivity contribution in [3.63, 3.8) is 0 Å². The molecule has 0 saturated carbocycles. The number of carbonyl (C=O) groups is 7. The van der Waals surface area contributed by atoms with Crippen LogP contribution < -0.4 is 21.3 Å². The summed E-state index contributed by atoms with van der Waals surface area (Å²) in [7, 11) is 1.71. The molecule has 4 aromatic rings. The minimum atomic E-state index is -0.914. The molecule has 0 bridgehead atoms. The lowest BCUT2D eigenvalue weighted by Crippen LogP contribution is -2.61.